The van der Waals surface area contributed by atoms with Crippen LogP contribution in [0, 0.1) is 5.82 Å². The number of aromatic nitrogens is 3. The lowest BCUT2D eigenvalue weighted by molar-refractivity contribution is 0.0328. The third-order valence-electron chi connectivity index (χ3n) is 3.13. The summed E-state index contributed by atoms with van der Waals surface area (Å²) < 4.78 is 24.2. The van der Waals surface area contributed by atoms with Gasteiger partial charge in [-0.3, -0.25) is 5.10 Å². The first-order chi connectivity index (χ1) is 11.7. The molecule has 0 aliphatic carbocycles. The molecule has 0 saturated heterocycles. The Hall–Kier alpha value is -2.16. The van der Waals surface area contributed by atoms with Crippen molar-refractivity contribution in [3.8, 4) is 11.4 Å². The zero-order valence-electron chi connectivity index (χ0n) is 12.7. The average Bonchev–Trinajstić information content (AvgIpc) is 3.25. The Labute approximate surface area is 142 Å². The molecule has 2 aromatic heterocycles. The van der Waals surface area contributed by atoms with E-state index in [1.165, 1.54) is 17.8 Å². The molecule has 0 saturated carbocycles. The summed E-state index contributed by atoms with van der Waals surface area (Å²) in [5.74, 6) is 1.07. The Bertz CT molecular complexity index is 764. The first kappa shape index (κ1) is 16.7. The Morgan fingerprint density at radius 2 is 2.17 bits per heavy atom. The minimum atomic E-state index is -0.666. The van der Waals surface area contributed by atoms with Gasteiger partial charge in [-0.15, -0.1) is 5.10 Å². The van der Waals surface area contributed by atoms with Gasteiger partial charge in [0.15, 0.2) is 5.82 Å². The second-order valence-electron chi connectivity index (χ2n) is 5.01. The van der Waals surface area contributed by atoms with Crippen molar-refractivity contribution in [3.05, 3.63) is 54.2 Å². The number of aliphatic hydroxyl groups is 1. The number of furan rings is 1. The van der Waals surface area contributed by atoms with Gasteiger partial charge in [0.2, 0.25) is 5.16 Å². The third-order valence-corrected chi connectivity index (χ3v) is 4.13. The Balaban J connectivity index is 1.46. The highest BCUT2D eigenvalue weighted by Crippen LogP contribution is 2.22. The van der Waals surface area contributed by atoms with E-state index in [4.69, 9.17) is 9.15 Å². The first-order valence-electron chi connectivity index (χ1n) is 7.30. The minimum absolute atomic E-state index is 0.179. The predicted octanol–water partition coefficient (Wildman–Crippen LogP) is 2.87. The standard InChI is InChI=1S/C16H16FN3O3S/c17-14-6-2-1-5-13(14)15-18-16(20-19-15)24-10-11(21)8-22-9-12-4-3-7-23-12/h1-7,11,21H,8-10H2,(H,18,19,20). The number of ether oxygens (including phenoxy) is 1. The fraction of sp³-hybridized carbons (Fsp3) is 0.250. The fourth-order valence-electron chi connectivity index (χ4n) is 1.99. The summed E-state index contributed by atoms with van der Waals surface area (Å²) in [5, 5.41) is 17.1. The fourth-order valence-corrected chi connectivity index (χ4v) is 2.70. The van der Waals surface area contributed by atoms with Crippen LogP contribution in [0.15, 0.2) is 52.2 Å². The number of aliphatic hydroxyl groups excluding tert-OH is 1. The number of nitrogens with zero attached hydrogens (tertiary/aromatic N) is 2. The molecule has 0 fully saturated rings. The van der Waals surface area contributed by atoms with Crippen LogP contribution in [0.25, 0.3) is 11.4 Å². The second kappa shape index (κ2) is 8.09. The van der Waals surface area contributed by atoms with Crippen molar-refractivity contribution >= 4 is 11.8 Å². The number of aromatic amines is 1. The monoisotopic (exact) mass is 349 g/mol. The molecular formula is C16H16FN3O3S. The van der Waals surface area contributed by atoms with Crippen LogP contribution < -0.4 is 0 Å². The van der Waals surface area contributed by atoms with Crippen molar-refractivity contribution in [3.63, 3.8) is 0 Å². The predicted molar refractivity (Wildman–Crippen MR) is 86.9 cm³/mol. The van der Waals surface area contributed by atoms with E-state index in [-0.39, 0.29) is 12.4 Å². The molecule has 1 unspecified atom stereocenters. The van der Waals surface area contributed by atoms with Gasteiger partial charge >= 0.3 is 0 Å². The highest BCUT2D eigenvalue weighted by molar-refractivity contribution is 7.99. The van der Waals surface area contributed by atoms with Crippen LogP contribution >= 0.6 is 11.8 Å². The van der Waals surface area contributed by atoms with E-state index in [9.17, 15) is 9.50 Å². The molecule has 0 aliphatic rings. The molecule has 2 heterocycles. The number of H-pyrrole nitrogens is 1. The number of thioether (sulfide) groups is 1. The van der Waals surface area contributed by atoms with E-state index in [0.717, 1.165) is 0 Å². The second-order valence-corrected chi connectivity index (χ2v) is 5.99. The lowest BCUT2D eigenvalue weighted by Gasteiger charge is -2.08. The van der Waals surface area contributed by atoms with E-state index in [2.05, 4.69) is 15.2 Å². The number of benzene rings is 1. The third kappa shape index (κ3) is 4.44. The van der Waals surface area contributed by atoms with Crippen molar-refractivity contribution in [2.24, 2.45) is 0 Å². The summed E-state index contributed by atoms with van der Waals surface area (Å²) in [4.78, 5) is 4.22. The van der Waals surface area contributed by atoms with Crippen molar-refractivity contribution in [1.29, 1.82) is 0 Å². The molecular weight excluding hydrogens is 333 g/mol. The molecule has 0 radical (unpaired) electrons. The molecule has 1 aromatic carbocycles. The molecule has 3 aromatic rings. The van der Waals surface area contributed by atoms with Crippen molar-refractivity contribution in [2.45, 2.75) is 17.9 Å². The van der Waals surface area contributed by atoms with E-state index >= 15 is 0 Å². The topological polar surface area (TPSA) is 84.2 Å². The maximum absolute atomic E-state index is 13.7. The van der Waals surface area contributed by atoms with Gasteiger partial charge < -0.3 is 14.3 Å². The zero-order chi connectivity index (χ0) is 16.8. The molecule has 3 rings (SSSR count). The summed E-state index contributed by atoms with van der Waals surface area (Å²) >= 11 is 1.27. The van der Waals surface area contributed by atoms with E-state index in [1.807, 2.05) is 0 Å². The molecule has 0 spiro atoms. The van der Waals surface area contributed by atoms with Gasteiger partial charge in [-0.2, -0.15) is 0 Å². The van der Waals surface area contributed by atoms with Crippen LogP contribution in [-0.2, 0) is 11.3 Å². The maximum atomic E-state index is 13.7. The Morgan fingerprint density at radius 1 is 1.29 bits per heavy atom. The number of hydrogen-bond acceptors (Lipinski definition) is 6. The smallest absolute Gasteiger partial charge is 0.208 e. The van der Waals surface area contributed by atoms with Crippen LogP contribution in [0.2, 0.25) is 0 Å². The van der Waals surface area contributed by atoms with Gasteiger partial charge in [0.1, 0.15) is 18.2 Å². The molecule has 24 heavy (non-hydrogen) atoms. The molecule has 0 bridgehead atoms. The molecule has 0 aliphatic heterocycles. The maximum Gasteiger partial charge on any atom is 0.208 e. The average molecular weight is 349 g/mol. The van der Waals surface area contributed by atoms with Gasteiger partial charge in [-0.25, -0.2) is 9.37 Å². The van der Waals surface area contributed by atoms with Crippen LogP contribution in [0.3, 0.4) is 0 Å². The van der Waals surface area contributed by atoms with Crippen LogP contribution in [-0.4, -0.2) is 38.8 Å². The van der Waals surface area contributed by atoms with Gasteiger partial charge in [0.05, 0.1) is 24.5 Å². The van der Waals surface area contributed by atoms with Crippen molar-refractivity contribution in [1.82, 2.24) is 15.2 Å². The number of rotatable bonds is 8. The van der Waals surface area contributed by atoms with Crippen LogP contribution in [0.5, 0.6) is 0 Å². The molecule has 8 heteroatoms. The van der Waals surface area contributed by atoms with Crippen molar-refractivity contribution < 1.29 is 18.7 Å². The lowest BCUT2D eigenvalue weighted by atomic mass is 10.2. The Kier molecular flexibility index (Phi) is 5.63. The number of halogens is 1. The minimum Gasteiger partial charge on any atom is -0.467 e. The molecule has 126 valence electrons. The summed E-state index contributed by atoms with van der Waals surface area (Å²) in [6.07, 6.45) is 0.904. The van der Waals surface area contributed by atoms with E-state index < -0.39 is 6.10 Å². The summed E-state index contributed by atoms with van der Waals surface area (Å²) in [6, 6.07) is 9.92. The summed E-state index contributed by atoms with van der Waals surface area (Å²) in [5.41, 5.74) is 0.360. The molecule has 1 atom stereocenters. The van der Waals surface area contributed by atoms with E-state index in [0.29, 0.717) is 34.7 Å². The van der Waals surface area contributed by atoms with Gasteiger partial charge in [-0.1, -0.05) is 23.9 Å². The quantitative estimate of drug-likeness (QED) is 0.609. The molecule has 0 amide bonds. The normalized spacial score (nSPS) is 12.4. The van der Waals surface area contributed by atoms with Crippen molar-refractivity contribution in [2.75, 3.05) is 12.4 Å². The van der Waals surface area contributed by atoms with Gasteiger partial charge in [0.25, 0.3) is 0 Å². The highest BCUT2D eigenvalue weighted by Gasteiger charge is 2.12. The van der Waals surface area contributed by atoms with Crippen LogP contribution in [0.4, 0.5) is 4.39 Å². The molecule has 2 N–H and O–H groups in total. The SMILES string of the molecule is OC(COCc1ccco1)CSc1n[nH]c(-c2ccccc2F)n1. The lowest BCUT2D eigenvalue weighted by Crippen LogP contribution is -2.17. The summed E-state index contributed by atoms with van der Waals surface area (Å²) in [6.45, 7) is 0.491. The largest absolute Gasteiger partial charge is 0.467 e. The van der Waals surface area contributed by atoms with Crippen LogP contribution in [0.1, 0.15) is 5.76 Å². The number of hydrogen-bond donors (Lipinski definition) is 2. The zero-order valence-corrected chi connectivity index (χ0v) is 13.5. The molecule has 6 nitrogen and oxygen atoms in total. The van der Waals surface area contributed by atoms with E-state index in [1.54, 1.807) is 36.6 Å². The first-order valence-corrected chi connectivity index (χ1v) is 8.29. The summed E-state index contributed by atoms with van der Waals surface area (Å²) in [7, 11) is 0. The highest BCUT2D eigenvalue weighted by atomic mass is 32.2. The number of nitrogens with one attached hydrogen (secondary N) is 1. The Morgan fingerprint density at radius 3 is 2.96 bits per heavy atom. The van der Waals surface area contributed by atoms with Gasteiger partial charge in [-0.05, 0) is 24.3 Å². The van der Waals surface area contributed by atoms with Gasteiger partial charge in [0, 0.05) is 5.75 Å².